The number of para-hydroxylation sites is 1. The first-order chi connectivity index (χ1) is 9.24. The van der Waals surface area contributed by atoms with Crippen molar-refractivity contribution in [1.29, 1.82) is 0 Å². The van der Waals surface area contributed by atoms with Crippen LogP contribution in [-0.4, -0.2) is 19.1 Å². The van der Waals surface area contributed by atoms with E-state index >= 15 is 0 Å². The van der Waals surface area contributed by atoms with Crippen LogP contribution in [0.5, 0.6) is 0 Å². The molecule has 3 heteroatoms. The SMILES string of the molecule is CC(NC1CCNCC1C)c1cc2ccccc2o1. The second-order valence-electron chi connectivity index (χ2n) is 5.65. The average Bonchev–Trinajstić information content (AvgIpc) is 2.85. The summed E-state index contributed by atoms with van der Waals surface area (Å²) in [6.45, 7) is 6.70. The lowest BCUT2D eigenvalue weighted by Gasteiger charge is -2.32. The summed E-state index contributed by atoms with van der Waals surface area (Å²) in [5.41, 5.74) is 0.976. The van der Waals surface area contributed by atoms with Gasteiger partial charge in [0.2, 0.25) is 0 Å². The summed E-state index contributed by atoms with van der Waals surface area (Å²) in [4.78, 5) is 0. The number of rotatable bonds is 3. The minimum atomic E-state index is 0.262. The van der Waals surface area contributed by atoms with Crippen LogP contribution in [0.1, 0.15) is 32.1 Å². The van der Waals surface area contributed by atoms with Gasteiger partial charge in [0.25, 0.3) is 0 Å². The molecule has 1 aromatic carbocycles. The summed E-state index contributed by atoms with van der Waals surface area (Å²) in [5.74, 6) is 1.70. The maximum atomic E-state index is 5.93. The molecule has 3 atom stereocenters. The monoisotopic (exact) mass is 258 g/mol. The van der Waals surface area contributed by atoms with Crippen molar-refractivity contribution in [2.24, 2.45) is 5.92 Å². The van der Waals surface area contributed by atoms with Crippen LogP contribution >= 0.6 is 0 Å². The number of hydrogen-bond acceptors (Lipinski definition) is 3. The lowest BCUT2D eigenvalue weighted by atomic mass is 9.94. The van der Waals surface area contributed by atoms with E-state index in [0.717, 1.165) is 24.4 Å². The van der Waals surface area contributed by atoms with Gasteiger partial charge in [0.1, 0.15) is 11.3 Å². The van der Waals surface area contributed by atoms with E-state index in [1.165, 1.54) is 11.8 Å². The van der Waals surface area contributed by atoms with Gasteiger partial charge < -0.3 is 15.1 Å². The van der Waals surface area contributed by atoms with Crippen molar-refractivity contribution in [3.63, 3.8) is 0 Å². The van der Waals surface area contributed by atoms with Crippen molar-refractivity contribution >= 4 is 11.0 Å². The van der Waals surface area contributed by atoms with E-state index in [-0.39, 0.29) is 6.04 Å². The van der Waals surface area contributed by atoms with E-state index in [4.69, 9.17) is 4.42 Å². The van der Waals surface area contributed by atoms with Crippen LogP contribution in [0.15, 0.2) is 34.7 Å². The lowest BCUT2D eigenvalue weighted by Crippen LogP contribution is -2.46. The standard InChI is InChI=1S/C16H22N2O/c1-11-10-17-8-7-14(11)18-12(2)16-9-13-5-3-4-6-15(13)19-16/h3-6,9,11-12,14,17-18H,7-8,10H2,1-2H3. The molecule has 3 unspecified atom stereocenters. The minimum absolute atomic E-state index is 0.262. The Morgan fingerprint density at radius 1 is 1.37 bits per heavy atom. The molecule has 19 heavy (non-hydrogen) atoms. The normalized spacial score (nSPS) is 25.6. The molecule has 2 N–H and O–H groups in total. The van der Waals surface area contributed by atoms with E-state index in [1.807, 2.05) is 12.1 Å². The zero-order valence-corrected chi connectivity index (χ0v) is 11.6. The van der Waals surface area contributed by atoms with Gasteiger partial charge in [0.05, 0.1) is 6.04 Å². The van der Waals surface area contributed by atoms with E-state index in [0.29, 0.717) is 12.0 Å². The maximum Gasteiger partial charge on any atom is 0.134 e. The summed E-state index contributed by atoms with van der Waals surface area (Å²) < 4.78 is 5.93. The highest BCUT2D eigenvalue weighted by Crippen LogP contribution is 2.25. The van der Waals surface area contributed by atoms with Crippen LogP contribution < -0.4 is 10.6 Å². The topological polar surface area (TPSA) is 37.2 Å². The van der Waals surface area contributed by atoms with Gasteiger partial charge in [-0.1, -0.05) is 25.1 Å². The molecule has 0 radical (unpaired) electrons. The summed E-state index contributed by atoms with van der Waals surface area (Å²) in [5, 5.41) is 8.33. The fourth-order valence-corrected chi connectivity index (χ4v) is 2.88. The Hall–Kier alpha value is -1.32. The highest BCUT2D eigenvalue weighted by molar-refractivity contribution is 5.77. The van der Waals surface area contributed by atoms with E-state index in [1.54, 1.807) is 0 Å². The largest absolute Gasteiger partial charge is 0.459 e. The predicted octanol–water partition coefficient (Wildman–Crippen LogP) is 3.08. The summed E-state index contributed by atoms with van der Waals surface area (Å²) >= 11 is 0. The molecule has 3 nitrogen and oxygen atoms in total. The first kappa shape index (κ1) is 12.7. The summed E-state index contributed by atoms with van der Waals surface area (Å²) in [6, 6.07) is 11.2. The fourth-order valence-electron chi connectivity index (χ4n) is 2.88. The molecule has 1 aromatic heterocycles. The van der Waals surface area contributed by atoms with Crippen LogP contribution in [0.3, 0.4) is 0 Å². The first-order valence-electron chi connectivity index (χ1n) is 7.19. The molecule has 1 aliphatic heterocycles. The third-order valence-corrected chi connectivity index (χ3v) is 4.12. The molecule has 2 heterocycles. The van der Waals surface area contributed by atoms with E-state index < -0.39 is 0 Å². The molecule has 0 aliphatic carbocycles. The number of fused-ring (bicyclic) bond motifs is 1. The van der Waals surface area contributed by atoms with E-state index in [9.17, 15) is 0 Å². The van der Waals surface area contributed by atoms with Gasteiger partial charge in [0.15, 0.2) is 0 Å². The molecular weight excluding hydrogens is 236 g/mol. The zero-order valence-electron chi connectivity index (χ0n) is 11.6. The molecule has 3 rings (SSSR count). The predicted molar refractivity (Wildman–Crippen MR) is 78.2 cm³/mol. The van der Waals surface area contributed by atoms with Gasteiger partial charge >= 0.3 is 0 Å². The van der Waals surface area contributed by atoms with Gasteiger partial charge in [-0.05, 0) is 44.5 Å². The Balaban J connectivity index is 1.74. The highest BCUT2D eigenvalue weighted by Gasteiger charge is 2.23. The summed E-state index contributed by atoms with van der Waals surface area (Å²) in [6.07, 6.45) is 1.19. The van der Waals surface area contributed by atoms with Gasteiger partial charge in [-0.15, -0.1) is 0 Å². The quantitative estimate of drug-likeness (QED) is 0.888. The Morgan fingerprint density at radius 2 is 2.21 bits per heavy atom. The Labute approximate surface area is 114 Å². The van der Waals surface area contributed by atoms with Crippen molar-refractivity contribution < 1.29 is 4.42 Å². The molecular formula is C16H22N2O. The molecule has 1 fully saturated rings. The van der Waals surface area contributed by atoms with Gasteiger partial charge in [0, 0.05) is 11.4 Å². The smallest absolute Gasteiger partial charge is 0.134 e. The number of hydrogen-bond donors (Lipinski definition) is 2. The highest BCUT2D eigenvalue weighted by atomic mass is 16.3. The van der Waals surface area contributed by atoms with Gasteiger partial charge in [-0.3, -0.25) is 0 Å². The fraction of sp³-hybridized carbons (Fsp3) is 0.500. The van der Waals surface area contributed by atoms with Crippen molar-refractivity contribution in [3.8, 4) is 0 Å². The maximum absolute atomic E-state index is 5.93. The van der Waals surface area contributed by atoms with Gasteiger partial charge in [-0.25, -0.2) is 0 Å². The minimum Gasteiger partial charge on any atom is -0.459 e. The third kappa shape index (κ3) is 2.67. The molecule has 0 bridgehead atoms. The Bertz CT molecular complexity index is 515. The zero-order chi connectivity index (χ0) is 13.2. The number of benzene rings is 1. The van der Waals surface area contributed by atoms with Crippen LogP contribution in [0.4, 0.5) is 0 Å². The van der Waals surface area contributed by atoms with Crippen LogP contribution in [0, 0.1) is 5.92 Å². The third-order valence-electron chi connectivity index (χ3n) is 4.12. The molecule has 0 amide bonds. The first-order valence-corrected chi connectivity index (χ1v) is 7.19. The van der Waals surface area contributed by atoms with Crippen molar-refractivity contribution in [1.82, 2.24) is 10.6 Å². The van der Waals surface area contributed by atoms with Crippen LogP contribution in [0.25, 0.3) is 11.0 Å². The molecule has 1 saturated heterocycles. The average molecular weight is 258 g/mol. The second kappa shape index (κ2) is 5.35. The number of piperidine rings is 1. The second-order valence-corrected chi connectivity index (χ2v) is 5.65. The summed E-state index contributed by atoms with van der Waals surface area (Å²) in [7, 11) is 0. The molecule has 102 valence electrons. The molecule has 1 aliphatic rings. The molecule has 2 aromatic rings. The Morgan fingerprint density at radius 3 is 3.00 bits per heavy atom. The van der Waals surface area contributed by atoms with Gasteiger partial charge in [-0.2, -0.15) is 0 Å². The Kier molecular flexibility index (Phi) is 3.58. The van der Waals surface area contributed by atoms with Crippen LogP contribution in [0.2, 0.25) is 0 Å². The number of furan rings is 1. The number of nitrogens with one attached hydrogen (secondary N) is 2. The van der Waals surface area contributed by atoms with Crippen LogP contribution in [-0.2, 0) is 0 Å². The van der Waals surface area contributed by atoms with Crippen molar-refractivity contribution in [2.45, 2.75) is 32.4 Å². The molecule has 0 spiro atoms. The van der Waals surface area contributed by atoms with Crippen molar-refractivity contribution in [3.05, 3.63) is 36.1 Å². The lowest BCUT2D eigenvalue weighted by molar-refractivity contribution is 0.268. The molecule has 0 saturated carbocycles. The van der Waals surface area contributed by atoms with Crippen molar-refractivity contribution in [2.75, 3.05) is 13.1 Å². The van der Waals surface area contributed by atoms with E-state index in [2.05, 4.69) is 42.7 Å².